The monoisotopic (exact) mass is 322 g/mol. The molecule has 0 unspecified atom stereocenters. The standard InChI is InChI=1S/C19H18N2O3/c1-12-4-2-3-5-15(12)20-18(23)9-8-17(22)13-6-7-16-14(10-13)11-19(24)21-16/h2-7,10H,8-9,11H2,1H3,(H,20,23)(H,21,24). The smallest absolute Gasteiger partial charge is 0.228 e. The van der Waals surface area contributed by atoms with E-state index < -0.39 is 0 Å². The lowest BCUT2D eigenvalue weighted by Gasteiger charge is -2.08. The molecule has 2 aromatic carbocycles. The van der Waals surface area contributed by atoms with Crippen molar-refractivity contribution in [2.45, 2.75) is 26.2 Å². The summed E-state index contributed by atoms with van der Waals surface area (Å²) in [7, 11) is 0. The number of aryl methyl sites for hydroxylation is 1. The predicted octanol–water partition coefficient (Wildman–Crippen LogP) is 3.09. The summed E-state index contributed by atoms with van der Waals surface area (Å²) >= 11 is 0. The number of para-hydroxylation sites is 1. The van der Waals surface area contributed by atoms with E-state index in [4.69, 9.17) is 0 Å². The van der Waals surface area contributed by atoms with Gasteiger partial charge in [0.25, 0.3) is 0 Å². The molecular formula is C19H18N2O3. The molecule has 0 spiro atoms. The van der Waals surface area contributed by atoms with Crippen LogP contribution in [0.4, 0.5) is 11.4 Å². The van der Waals surface area contributed by atoms with E-state index in [0.717, 1.165) is 22.5 Å². The fourth-order valence-corrected chi connectivity index (χ4v) is 2.70. The number of carbonyl (C=O) groups excluding carboxylic acids is 3. The number of amides is 2. The highest BCUT2D eigenvalue weighted by atomic mass is 16.2. The van der Waals surface area contributed by atoms with Crippen molar-refractivity contribution in [1.29, 1.82) is 0 Å². The Kier molecular flexibility index (Phi) is 4.42. The molecule has 5 nitrogen and oxygen atoms in total. The largest absolute Gasteiger partial charge is 0.326 e. The minimum Gasteiger partial charge on any atom is -0.326 e. The molecule has 2 N–H and O–H groups in total. The van der Waals surface area contributed by atoms with E-state index in [1.54, 1.807) is 18.2 Å². The molecule has 0 fully saturated rings. The Hall–Kier alpha value is -2.95. The second kappa shape index (κ2) is 6.66. The van der Waals surface area contributed by atoms with Gasteiger partial charge >= 0.3 is 0 Å². The molecule has 1 aliphatic heterocycles. The van der Waals surface area contributed by atoms with Crippen LogP contribution in [0.5, 0.6) is 0 Å². The van der Waals surface area contributed by atoms with Crippen LogP contribution in [-0.2, 0) is 16.0 Å². The molecule has 0 saturated heterocycles. The molecule has 1 aliphatic rings. The van der Waals surface area contributed by atoms with Gasteiger partial charge in [0.1, 0.15) is 0 Å². The van der Waals surface area contributed by atoms with Gasteiger partial charge in [0, 0.05) is 29.8 Å². The Labute approximate surface area is 140 Å². The van der Waals surface area contributed by atoms with Crippen LogP contribution >= 0.6 is 0 Å². The summed E-state index contributed by atoms with van der Waals surface area (Å²) in [5.41, 5.74) is 3.86. The number of hydrogen-bond donors (Lipinski definition) is 2. The Morgan fingerprint density at radius 3 is 2.71 bits per heavy atom. The first-order valence-corrected chi connectivity index (χ1v) is 7.84. The Bertz CT molecular complexity index is 827. The second-order valence-corrected chi connectivity index (χ2v) is 5.88. The molecule has 0 bridgehead atoms. The highest BCUT2D eigenvalue weighted by Gasteiger charge is 2.19. The highest BCUT2D eigenvalue weighted by molar-refractivity contribution is 6.03. The molecule has 3 rings (SSSR count). The van der Waals surface area contributed by atoms with Gasteiger partial charge in [-0.25, -0.2) is 0 Å². The van der Waals surface area contributed by atoms with Gasteiger partial charge in [0.05, 0.1) is 6.42 Å². The van der Waals surface area contributed by atoms with E-state index in [0.29, 0.717) is 12.0 Å². The van der Waals surface area contributed by atoms with Crippen molar-refractivity contribution in [3.8, 4) is 0 Å². The molecule has 5 heteroatoms. The van der Waals surface area contributed by atoms with Crippen LogP contribution in [0.15, 0.2) is 42.5 Å². The van der Waals surface area contributed by atoms with Crippen molar-refractivity contribution in [3.63, 3.8) is 0 Å². The van der Waals surface area contributed by atoms with Crippen LogP contribution < -0.4 is 10.6 Å². The number of Topliss-reactive ketones (excluding diaryl/α,β-unsaturated/α-hetero) is 1. The van der Waals surface area contributed by atoms with E-state index in [-0.39, 0.29) is 30.4 Å². The Morgan fingerprint density at radius 1 is 1.12 bits per heavy atom. The molecule has 24 heavy (non-hydrogen) atoms. The van der Waals surface area contributed by atoms with E-state index in [1.165, 1.54) is 0 Å². The summed E-state index contributed by atoms with van der Waals surface area (Å²) < 4.78 is 0. The van der Waals surface area contributed by atoms with E-state index in [2.05, 4.69) is 10.6 Å². The van der Waals surface area contributed by atoms with Gasteiger partial charge in [-0.05, 0) is 42.3 Å². The van der Waals surface area contributed by atoms with Crippen molar-refractivity contribution >= 4 is 29.0 Å². The quantitative estimate of drug-likeness (QED) is 0.831. The summed E-state index contributed by atoms with van der Waals surface area (Å²) in [6.45, 7) is 1.92. The highest BCUT2D eigenvalue weighted by Crippen LogP contribution is 2.24. The first-order valence-electron chi connectivity index (χ1n) is 7.84. The van der Waals surface area contributed by atoms with Crippen LogP contribution in [-0.4, -0.2) is 17.6 Å². The average molecular weight is 322 g/mol. The summed E-state index contributed by atoms with van der Waals surface area (Å²) in [6, 6.07) is 12.7. The van der Waals surface area contributed by atoms with Crippen LogP contribution in [0.3, 0.4) is 0 Å². The van der Waals surface area contributed by atoms with Gasteiger partial charge in [0.2, 0.25) is 11.8 Å². The molecule has 0 radical (unpaired) electrons. The number of nitrogens with one attached hydrogen (secondary N) is 2. The molecule has 122 valence electrons. The molecular weight excluding hydrogens is 304 g/mol. The van der Waals surface area contributed by atoms with Gasteiger partial charge in [-0.2, -0.15) is 0 Å². The molecule has 2 amide bonds. The lowest BCUT2D eigenvalue weighted by molar-refractivity contribution is -0.116. The lowest BCUT2D eigenvalue weighted by atomic mass is 10.0. The van der Waals surface area contributed by atoms with Gasteiger partial charge in [-0.15, -0.1) is 0 Å². The van der Waals surface area contributed by atoms with Crippen molar-refractivity contribution < 1.29 is 14.4 Å². The van der Waals surface area contributed by atoms with E-state index >= 15 is 0 Å². The maximum Gasteiger partial charge on any atom is 0.228 e. The lowest BCUT2D eigenvalue weighted by Crippen LogP contribution is -2.14. The fourth-order valence-electron chi connectivity index (χ4n) is 2.70. The van der Waals surface area contributed by atoms with E-state index in [9.17, 15) is 14.4 Å². The number of hydrogen-bond acceptors (Lipinski definition) is 3. The summed E-state index contributed by atoms with van der Waals surface area (Å²) in [4.78, 5) is 35.6. The fraction of sp³-hybridized carbons (Fsp3) is 0.211. The first-order chi connectivity index (χ1) is 11.5. The molecule has 0 aromatic heterocycles. The van der Waals surface area contributed by atoms with Crippen molar-refractivity contribution in [2.24, 2.45) is 0 Å². The zero-order valence-corrected chi connectivity index (χ0v) is 13.4. The van der Waals surface area contributed by atoms with Crippen LogP contribution in [0, 0.1) is 6.92 Å². The number of anilines is 2. The van der Waals surface area contributed by atoms with Crippen molar-refractivity contribution in [2.75, 3.05) is 10.6 Å². The normalized spacial score (nSPS) is 12.5. The van der Waals surface area contributed by atoms with Crippen molar-refractivity contribution in [1.82, 2.24) is 0 Å². The number of rotatable bonds is 5. The third-order valence-corrected chi connectivity index (χ3v) is 4.05. The third-order valence-electron chi connectivity index (χ3n) is 4.05. The predicted molar refractivity (Wildman–Crippen MR) is 92.1 cm³/mol. The molecule has 1 heterocycles. The zero-order chi connectivity index (χ0) is 17.1. The third kappa shape index (κ3) is 3.51. The summed E-state index contributed by atoms with van der Waals surface area (Å²) in [5, 5.41) is 5.55. The number of fused-ring (bicyclic) bond motifs is 1. The summed E-state index contributed by atoms with van der Waals surface area (Å²) in [5.74, 6) is -0.347. The maximum atomic E-state index is 12.3. The van der Waals surface area contributed by atoms with Gasteiger partial charge in [-0.3, -0.25) is 14.4 Å². The second-order valence-electron chi connectivity index (χ2n) is 5.88. The van der Waals surface area contributed by atoms with Gasteiger partial charge in [0.15, 0.2) is 5.78 Å². The first kappa shape index (κ1) is 15.9. The molecule has 0 aliphatic carbocycles. The molecule has 0 atom stereocenters. The van der Waals surface area contributed by atoms with Crippen LogP contribution in [0.2, 0.25) is 0 Å². The topological polar surface area (TPSA) is 75.3 Å². The number of carbonyl (C=O) groups is 3. The molecule has 0 saturated carbocycles. The zero-order valence-electron chi connectivity index (χ0n) is 13.4. The van der Waals surface area contributed by atoms with Crippen LogP contribution in [0.1, 0.15) is 34.3 Å². The summed E-state index contributed by atoms with van der Waals surface area (Å²) in [6.07, 6.45) is 0.559. The van der Waals surface area contributed by atoms with Gasteiger partial charge < -0.3 is 10.6 Å². The van der Waals surface area contributed by atoms with Crippen molar-refractivity contribution in [3.05, 3.63) is 59.2 Å². The maximum absolute atomic E-state index is 12.3. The number of benzene rings is 2. The minimum absolute atomic E-state index is 0.0628. The average Bonchev–Trinajstić information content (AvgIpc) is 2.94. The minimum atomic E-state index is -0.185. The van der Waals surface area contributed by atoms with Gasteiger partial charge in [-0.1, -0.05) is 18.2 Å². The molecule has 2 aromatic rings. The number of ketones is 1. The Morgan fingerprint density at radius 2 is 1.92 bits per heavy atom. The van der Waals surface area contributed by atoms with Crippen LogP contribution in [0.25, 0.3) is 0 Å². The van der Waals surface area contributed by atoms with E-state index in [1.807, 2.05) is 31.2 Å². The Balaban J connectivity index is 1.58. The SMILES string of the molecule is Cc1ccccc1NC(=O)CCC(=O)c1ccc2c(c1)CC(=O)N2.